The summed E-state index contributed by atoms with van der Waals surface area (Å²) in [5, 5.41) is 0.646. The van der Waals surface area contributed by atoms with Gasteiger partial charge in [0.1, 0.15) is 16.7 Å². The van der Waals surface area contributed by atoms with Crippen LogP contribution in [-0.4, -0.2) is 19.8 Å². The molecule has 0 saturated heterocycles. The van der Waals surface area contributed by atoms with Crippen LogP contribution in [0.15, 0.2) is 27.4 Å². The van der Waals surface area contributed by atoms with Crippen LogP contribution >= 0.6 is 0 Å². The summed E-state index contributed by atoms with van der Waals surface area (Å²) >= 11 is 0. The smallest absolute Gasteiger partial charge is 0.383 e. The molecule has 0 aliphatic rings. The van der Waals surface area contributed by atoms with Crippen LogP contribution in [0.1, 0.15) is 72.1 Å². The quantitative estimate of drug-likeness (QED) is 0.305. The number of unbranched alkanes of at least 4 members (excludes halogenated alkanes) is 7. The maximum atomic E-state index is 12.2. The van der Waals surface area contributed by atoms with Gasteiger partial charge >= 0.3 is 5.63 Å². The molecule has 0 fully saturated rings. The Morgan fingerprint density at radius 3 is 2.29 bits per heavy atom. The molecule has 1 aromatic carbocycles. The molecule has 156 valence electrons. The van der Waals surface area contributed by atoms with Gasteiger partial charge in [0, 0.05) is 0 Å². The van der Waals surface area contributed by atoms with Crippen molar-refractivity contribution in [1.82, 2.24) is 0 Å². The van der Waals surface area contributed by atoms with Gasteiger partial charge in [-0.25, -0.2) is 4.79 Å². The van der Waals surface area contributed by atoms with Crippen LogP contribution in [0.2, 0.25) is 0 Å². The molecule has 0 saturated carbocycles. The minimum atomic E-state index is -0.550. The molecule has 2 aromatic rings. The van der Waals surface area contributed by atoms with E-state index in [-0.39, 0.29) is 11.9 Å². The molecule has 0 aliphatic carbocycles. The molecule has 0 radical (unpaired) electrons. The summed E-state index contributed by atoms with van der Waals surface area (Å²) in [6.45, 7) is 6.67. The van der Waals surface area contributed by atoms with E-state index >= 15 is 0 Å². The fraction of sp³-hybridized carbons (Fsp3) is 0.609. The van der Waals surface area contributed by atoms with Crippen molar-refractivity contribution in [3.05, 3.63) is 28.6 Å². The zero-order chi connectivity index (χ0) is 20.4. The highest BCUT2D eigenvalue weighted by atomic mass is 16.5. The minimum absolute atomic E-state index is 0.0735. The zero-order valence-electron chi connectivity index (χ0n) is 17.7. The summed E-state index contributed by atoms with van der Waals surface area (Å²) in [5.74, 6) is 1.11. The van der Waals surface area contributed by atoms with Gasteiger partial charge in [-0.15, -0.1) is 0 Å². The van der Waals surface area contributed by atoms with Crippen LogP contribution < -0.4 is 19.8 Å². The third kappa shape index (κ3) is 6.18. The molecular formula is C23H34O5. The molecule has 0 spiro atoms. The van der Waals surface area contributed by atoms with Crippen LogP contribution in [0.4, 0.5) is 0 Å². The second-order valence-corrected chi connectivity index (χ2v) is 7.37. The Morgan fingerprint density at radius 1 is 0.964 bits per heavy atom. The number of benzene rings is 1. The summed E-state index contributed by atoms with van der Waals surface area (Å²) in [6, 6.07) is 5.44. The number of hydrogen-bond acceptors (Lipinski definition) is 5. The lowest BCUT2D eigenvalue weighted by Crippen LogP contribution is -2.13. The Labute approximate surface area is 168 Å². The molecule has 1 aromatic heterocycles. The van der Waals surface area contributed by atoms with E-state index in [0.717, 1.165) is 12.8 Å². The topological polar surface area (TPSA) is 57.9 Å². The van der Waals surface area contributed by atoms with Crippen molar-refractivity contribution in [3.63, 3.8) is 0 Å². The number of ether oxygens (including phenoxy) is 3. The minimum Gasteiger partial charge on any atom is -0.493 e. The van der Waals surface area contributed by atoms with Crippen molar-refractivity contribution in [1.29, 1.82) is 0 Å². The van der Waals surface area contributed by atoms with E-state index in [0.29, 0.717) is 29.1 Å². The van der Waals surface area contributed by atoms with Crippen LogP contribution in [-0.2, 0) is 0 Å². The molecular weight excluding hydrogens is 356 g/mol. The number of rotatable bonds is 13. The zero-order valence-corrected chi connectivity index (χ0v) is 17.7. The Morgan fingerprint density at radius 2 is 1.64 bits per heavy atom. The first-order chi connectivity index (χ1) is 13.6. The Bertz CT molecular complexity index is 778. The van der Waals surface area contributed by atoms with Gasteiger partial charge in [-0.2, -0.15) is 0 Å². The maximum absolute atomic E-state index is 12.2. The lowest BCUT2D eigenvalue weighted by atomic mass is 10.1. The highest BCUT2D eigenvalue weighted by molar-refractivity contribution is 5.91. The average Bonchev–Trinajstić information content (AvgIpc) is 2.66. The van der Waals surface area contributed by atoms with Crippen molar-refractivity contribution in [2.45, 2.75) is 78.2 Å². The molecule has 0 amide bonds. The van der Waals surface area contributed by atoms with Crippen molar-refractivity contribution < 1.29 is 18.6 Å². The molecule has 0 unspecified atom stereocenters. The van der Waals surface area contributed by atoms with Crippen LogP contribution in [0, 0.1) is 0 Å². The lowest BCUT2D eigenvalue weighted by Gasteiger charge is -2.17. The van der Waals surface area contributed by atoms with Gasteiger partial charge in [-0.1, -0.05) is 57.9 Å². The first-order valence-corrected chi connectivity index (χ1v) is 10.5. The first-order valence-electron chi connectivity index (χ1n) is 10.5. The van der Waals surface area contributed by atoms with E-state index in [1.54, 1.807) is 6.07 Å². The van der Waals surface area contributed by atoms with E-state index < -0.39 is 5.63 Å². The fourth-order valence-electron chi connectivity index (χ4n) is 3.23. The monoisotopic (exact) mass is 390 g/mol. The molecule has 1 heterocycles. The SMILES string of the molecule is CCCCCCCCCCOc1cccc2oc(=O)c(OC)c(OC(C)C)c12. The number of hydrogen-bond donors (Lipinski definition) is 0. The Balaban J connectivity index is 2.05. The highest BCUT2D eigenvalue weighted by Crippen LogP contribution is 2.39. The standard InChI is InChI=1S/C23H34O5/c1-5-6-7-8-9-10-11-12-16-26-18-14-13-15-19-20(18)21(27-17(2)3)22(25-4)23(24)28-19/h13-15,17H,5-12,16H2,1-4H3. The third-order valence-electron chi connectivity index (χ3n) is 4.62. The summed E-state index contributed by atoms with van der Waals surface area (Å²) in [7, 11) is 1.44. The molecule has 0 atom stereocenters. The molecule has 2 rings (SSSR count). The van der Waals surface area contributed by atoms with Crippen molar-refractivity contribution in [2.75, 3.05) is 13.7 Å². The molecule has 0 bridgehead atoms. The molecule has 28 heavy (non-hydrogen) atoms. The van der Waals surface area contributed by atoms with Gasteiger partial charge in [0.2, 0.25) is 5.75 Å². The number of fused-ring (bicyclic) bond motifs is 1. The average molecular weight is 391 g/mol. The largest absolute Gasteiger partial charge is 0.493 e. The van der Waals surface area contributed by atoms with Crippen LogP contribution in [0.3, 0.4) is 0 Å². The van der Waals surface area contributed by atoms with Crippen molar-refractivity contribution in [2.24, 2.45) is 0 Å². The van der Waals surface area contributed by atoms with Crippen LogP contribution in [0.5, 0.6) is 17.2 Å². The highest BCUT2D eigenvalue weighted by Gasteiger charge is 2.21. The fourth-order valence-corrected chi connectivity index (χ4v) is 3.23. The number of methoxy groups -OCH3 is 1. The maximum Gasteiger partial charge on any atom is 0.383 e. The van der Waals surface area contributed by atoms with E-state index in [9.17, 15) is 4.79 Å². The summed E-state index contributed by atoms with van der Waals surface area (Å²) in [6.07, 6.45) is 9.87. The Kier molecular flexibility index (Phi) is 9.18. The molecule has 0 N–H and O–H groups in total. The second kappa shape index (κ2) is 11.6. The van der Waals surface area contributed by atoms with E-state index in [4.69, 9.17) is 18.6 Å². The van der Waals surface area contributed by atoms with Crippen LogP contribution in [0.25, 0.3) is 11.0 Å². The van der Waals surface area contributed by atoms with Gasteiger partial charge in [0.05, 0.1) is 19.8 Å². The lowest BCUT2D eigenvalue weighted by molar-refractivity contribution is 0.228. The predicted molar refractivity (Wildman–Crippen MR) is 113 cm³/mol. The van der Waals surface area contributed by atoms with Gasteiger partial charge in [0.25, 0.3) is 0 Å². The second-order valence-electron chi connectivity index (χ2n) is 7.37. The van der Waals surface area contributed by atoms with E-state index in [1.165, 1.54) is 45.6 Å². The van der Waals surface area contributed by atoms with Gasteiger partial charge in [0.15, 0.2) is 5.75 Å². The van der Waals surface area contributed by atoms with E-state index in [2.05, 4.69) is 6.92 Å². The first kappa shape index (κ1) is 22.1. The molecule has 5 nitrogen and oxygen atoms in total. The van der Waals surface area contributed by atoms with Crippen molar-refractivity contribution >= 4 is 11.0 Å². The summed E-state index contributed by atoms with van der Waals surface area (Å²) < 4.78 is 22.6. The summed E-state index contributed by atoms with van der Waals surface area (Å²) in [5.41, 5.74) is -0.110. The normalized spacial score (nSPS) is 11.2. The molecule has 5 heteroatoms. The molecule has 0 aliphatic heterocycles. The predicted octanol–water partition coefficient (Wildman–Crippen LogP) is 6.11. The van der Waals surface area contributed by atoms with Gasteiger partial charge in [-0.3, -0.25) is 0 Å². The Hall–Kier alpha value is -2.17. The van der Waals surface area contributed by atoms with Crippen molar-refractivity contribution in [3.8, 4) is 17.2 Å². The van der Waals surface area contributed by atoms with Gasteiger partial charge < -0.3 is 18.6 Å². The van der Waals surface area contributed by atoms with Gasteiger partial charge in [-0.05, 0) is 32.4 Å². The summed E-state index contributed by atoms with van der Waals surface area (Å²) in [4.78, 5) is 12.2. The third-order valence-corrected chi connectivity index (χ3v) is 4.62. The van der Waals surface area contributed by atoms with E-state index in [1.807, 2.05) is 26.0 Å².